The zero-order valence-corrected chi connectivity index (χ0v) is 16.9. The monoisotopic (exact) mass is 400 g/mol. The van der Waals surface area contributed by atoms with Crippen molar-refractivity contribution in [3.63, 3.8) is 0 Å². The van der Waals surface area contributed by atoms with Crippen molar-refractivity contribution in [3.8, 4) is 6.07 Å². The van der Waals surface area contributed by atoms with E-state index in [9.17, 15) is 8.42 Å². The minimum absolute atomic E-state index is 0.0847. The van der Waals surface area contributed by atoms with Gasteiger partial charge < -0.3 is 9.55 Å². The quantitative estimate of drug-likeness (QED) is 0.705. The molecular weight excluding hydrogens is 376 g/mol. The van der Waals surface area contributed by atoms with Gasteiger partial charge in [-0.3, -0.25) is 4.90 Å². The van der Waals surface area contributed by atoms with Gasteiger partial charge in [0.2, 0.25) is 0 Å². The van der Waals surface area contributed by atoms with Crippen LogP contribution in [0.15, 0.2) is 18.5 Å². The molecule has 1 aliphatic heterocycles. The second kappa shape index (κ2) is 7.18. The van der Waals surface area contributed by atoms with Crippen molar-refractivity contribution < 1.29 is 8.42 Å². The van der Waals surface area contributed by atoms with Gasteiger partial charge in [0, 0.05) is 43.0 Å². The lowest BCUT2D eigenvalue weighted by Gasteiger charge is -2.36. The fraction of sp³-hybridized carbons (Fsp3) is 0.526. The van der Waals surface area contributed by atoms with Crippen LogP contribution in [0.25, 0.3) is 22.1 Å². The zero-order chi connectivity index (χ0) is 19.9. The van der Waals surface area contributed by atoms with Crippen LogP contribution in [0.3, 0.4) is 0 Å². The largest absolute Gasteiger partial charge is 0.346 e. The molecule has 148 valence electrons. The van der Waals surface area contributed by atoms with Gasteiger partial charge in [-0.15, -0.1) is 0 Å². The van der Waals surface area contributed by atoms with Crippen molar-refractivity contribution in [1.82, 2.24) is 24.4 Å². The van der Waals surface area contributed by atoms with Gasteiger partial charge in [0.05, 0.1) is 24.2 Å². The summed E-state index contributed by atoms with van der Waals surface area (Å²) >= 11 is 0. The lowest BCUT2D eigenvalue weighted by Crippen LogP contribution is -2.40. The summed E-state index contributed by atoms with van der Waals surface area (Å²) in [4.78, 5) is 14.5. The van der Waals surface area contributed by atoms with Crippen molar-refractivity contribution in [2.45, 2.75) is 44.0 Å². The van der Waals surface area contributed by atoms with Crippen LogP contribution in [0, 0.1) is 11.3 Å². The van der Waals surface area contributed by atoms with Gasteiger partial charge in [-0.05, 0) is 25.8 Å². The molecule has 0 amide bonds. The molecule has 4 rings (SSSR count). The van der Waals surface area contributed by atoms with Gasteiger partial charge >= 0.3 is 0 Å². The molecule has 1 aliphatic rings. The van der Waals surface area contributed by atoms with Crippen LogP contribution >= 0.6 is 0 Å². The summed E-state index contributed by atoms with van der Waals surface area (Å²) in [5, 5.41) is 9.92. The molecular formula is C19H24N6O2S. The average Bonchev–Trinajstić information content (AvgIpc) is 3.24. The number of H-pyrrole nitrogens is 1. The van der Waals surface area contributed by atoms with Crippen LogP contribution in [0.5, 0.6) is 0 Å². The Bertz CT molecular complexity index is 1150. The van der Waals surface area contributed by atoms with Gasteiger partial charge in [-0.2, -0.15) is 5.26 Å². The van der Waals surface area contributed by atoms with E-state index in [1.54, 1.807) is 6.20 Å². The molecule has 28 heavy (non-hydrogen) atoms. The first-order chi connectivity index (χ1) is 13.4. The first-order valence-corrected chi connectivity index (χ1v) is 11.5. The van der Waals surface area contributed by atoms with E-state index in [0.717, 1.165) is 48.0 Å². The van der Waals surface area contributed by atoms with Gasteiger partial charge in [-0.1, -0.05) is 0 Å². The fourth-order valence-electron chi connectivity index (χ4n) is 4.22. The summed E-state index contributed by atoms with van der Waals surface area (Å²) in [5.41, 5.74) is 2.46. The van der Waals surface area contributed by atoms with Crippen LogP contribution in [0.1, 0.15) is 38.1 Å². The summed E-state index contributed by atoms with van der Waals surface area (Å²) in [6.45, 7) is 3.85. The molecule has 0 aliphatic carbocycles. The molecule has 1 atom stereocenters. The minimum atomic E-state index is -3.22. The minimum Gasteiger partial charge on any atom is -0.346 e. The second-order valence-corrected chi connectivity index (χ2v) is 9.82. The number of fused-ring (bicyclic) bond motifs is 3. The zero-order valence-electron chi connectivity index (χ0n) is 16.1. The number of hydrogen-bond donors (Lipinski definition) is 1. The fourth-order valence-corrected chi connectivity index (χ4v) is 4.89. The molecule has 3 aromatic heterocycles. The molecule has 8 nitrogen and oxygen atoms in total. The summed E-state index contributed by atoms with van der Waals surface area (Å²) in [6, 6.07) is 4.63. The van der Waals surface area contributed by atoms with E-state index in [-0.39, 0.29) is 17.8 Å². The number of aromatic nitrogens is 4. The second-order valence-electron chi connectivity index (χ2n) is 7.68. The third kappa shape index (κ3) is 3.50. The Morgan fingerprint density at radius 3 is 2.82 bits per heavy atom. The van der Waals surface area contributed by atoms with Crippen LogP contribution < -0.4 is 0 Å². The number of piperidine rings is 1. The number of nitrogens with one attached hydrogen (secondary N) is 1. The number of nitrogens with zero attached hydrogens (tertiary/aromatic N) is 5. The van der Waals surface area contributed by atoms with Crippen LogP contribution in [-0.2, 0) is 15.6 Å². The predicted octanol–water partition coefficient (Wildman–Crippen LogP) is 2.40. The third-order valence-corrected chi connectivity index (χ3v) is 6.36. The Kier molecular flexibility index (Phi) is 4.85. The number of likely N-dealkylation sites (tertiary alicyclic amines) is 1. The number of rotatable bonds is 5. The molecule has 1 N–H and O–H groups in total. The van der Waals surface area contributed by atoms with Gasteiger partial charge in [0.1, 0.15) is 22.7 Å². The first-order valence-electron chi connectivity index (χ1n) is 9.49. The highest BCUT2D eigenvalue weighted by molar-refractivity contribution is 7.89. The summed E-state index contributed by atoms with van der Waals surface area (Å²) in [6.07, 6.45) is 7.11. The molecule has 0 spiro atoms. The third-order valence-electron chi connectivity index (χ3n) is 5.57. The lowest BCUT2D eigenvalue weighted by molar-refractivity contribution is 0.145. The van der Waals surface area contributed by atoms with Crippen molar-refractivity contribution in [2.75, 3.05) is 19.3 Å². The molecule has 1 unspecified atom stereocenters. The van der Waals surface area contributed by atoms with E-state index in [0.29, 0.717) is 12.2 Å². The number of imidazole rings is 1. The predicted molar refractivity (Wildman–Crippen MR) is 107 cm³/mol. The lowest BCUT2D eigenvalue weighted by atomic mass is 10.0. The summed E-state index contributed by atoms with van der Waals surface area (Å²) in [5.74, 6) is 0.495. The summed E-state index contributed by atoms with van der Waals surface area (Å²) in [7, 11) is -3.22. The maximum atomic E-state index is 12.0. The Labute approximate surface area is 164 Å². The van der Waals surface area contributed by atoms with Crippen molar-refractivity contribution >= 4 is 31.9 Å². The van der Waals surface area contributed by atoms with E-state index in [1.807, 2.05) is 12.3 Å². The SMILES string of the molecule is CC(CC#N)N1CCC(n2c(CS(C)(=O)=O)nc3cnc4[nH]ccc4c32)CC1. The number of aromatic amines is 1. The van der Waals surface area contributed by atoms with Crippen molar-refractivity contribution in [1.29, 1.82) is 5.26 Å². The average molecular weight is 401 g/mol. The van der Waals surface area contributed by atoms with E-state index in [1.165, 1.54) is 6.26 Å². The summed E-state index contributed by atoms with van der Waals surface area (Å²) < 4.78 is 26.2. The molecule has 9 heteroatoms. The highest BCUT2D eigenvalue weighted by Gasteiger charge is 2.28. The van der Waals surface area contributed by atoms with Crippen molar-refractivity contribution in [3.05, 3.63) is 24.3 Å². The van der Waals surface area contributed by atoms with Crippen LogP contribution in [-0.4, -0.2) is 58.2 Å². The Morgan fingerprint density at radius 1 is 1.39 bits per heavy atom. The molecule has 0 bridgehead atoms. The Hall–Kier alpha value is -2.44. The van der Waals surface area contributed by atoms with Crippen LogP contribution in [0.2, 0.25) is 0 Å². The Balaban J connectivity index is 1.75. The van der Waals surface area contributed by atoms with Crippen molar-refractivity contribution in [2.24, 2.45) is 0 Å². The highest BCUT2D eigenvalue weighted by Crippen LogP contribution is 2.33. The maximum absolute atomic E-state index is 12.0. The molecule has 0 saturated carbocycles. The van der Waals surface area contributed by atoms with E-state index < -0.39 is 9.84 Å². The number of sulfone groups is 1. The maximum Gasteiger partial charge on any atom is 0.154 e. The van der Waals surface area contributed by atoms with Crippen LogP contribution in [0.4, 0.5) is 0 Å². The van der Waals surface area contributed by atoms with Gasteiger partial charge in [0.15, 0.2) is 9.84 Å². The molecule has 0 aromatic carbocycles. The highest BCUT2D eigenvalue weighted by atomic mass is 32.2. The van der Waals surface area contributed by atoms with E-state index in [2.05, 4.69) is 37.4 Å². The molecule has 3 aromatic rings. The molecule has 1 saturated heterocycles. The number of nitriles is 1. The first kappa shape index (κ1) is 18.9. The Morgan fingerprint density at radius 2 is 2.14 bits per heavy atom. The topological polar surface area (TPSA) is 108 Å². The molecule has 0 radical (unpaired) electrons. The normalized spacial score (nSPS) is 17.9. The molecule has 4 heterocycles. The standard InChI is InChI=1S/C19H24N6O2S/c1-13(3-7-20)24-9-5-14(6-10-24)25-17(12-28(2,26)27)23-16-11-22-19-15(18(16)25)4-8-21-19/h4,8,11,13-14H,3,5-6,9-10,12H2,1-2H3,(H,21,22). The molecule has 1 fully saturated rings. The number of pyridine rings is 1. The van der Waals surface area contributed by atoms with Gasteiger partial charge in [-0.25, -0.2) is 18.4 Å². The van der Waals surface area contributed by atoms with E-state index >= 15 is 0 Å². The van der Waals surface area contributed by atoms with E-state index in [4.69, 9.17) is 5.26 Å². The number of hydrogen-bond acceptors (Lipinski definition) is 6. The smallest absolute Gasteiger partial charge is 0.154 e. The van der Waals surface area contributed by atoms with Gasteiger partial charge in [0.25, 0.3) is 0 Å².